The Morgan fingerprint density at radius 3 is 2.82 bits per heavy atom. The highest BCUT2D eigenvalue weighted by Crippen LogP contribution is 2.37. The highest BCUT2D eigenvalue weighted by molar-refractivity contribution is 8.00. The van der Waals surface area contributed by atoms with Gasteiger partial charge in [0.15, 0.2) is 0 Å². The zero-order valence-electron chi connectivity index (χ0n) is 15.1. The molecule has 1 saturated heterocycles. The van der Waals surface area contributed by atoms with Crippen LogP contribution in [0.15, 0.2) is 47.4 Å². The lowest BCUT2D eigenvalue weighted by Gasteiger charge is -2.35. The van der Waals surface area contributed by atoms with Crippen LogP contribution in [0.1, 0.15) is 15.9 Å². The maximum atomic E-state index is 12.6. The maximum absolute atomic E-state index is 12.6. The molecule has 2 heterocycles. The first-order valence-electron chi connectivity index (χ1n) is 9.07. The summed E-state index contributed by atoms with van der Waals surface area (Å²) in [5, 5.41) is 6.16. The molecular formula is C20H20ClN3O3S. The Bertz CT molecular complexity index is 902. The monoisotopic (exact) mass is 417 g/mol. The number of ether oxygens (including phenoxy) is 1. The summed E-state index contributed by atoms with van der Waals surface area (Å²) in [5.41, 5.74) is 2.02. The van der Waals surface area contributed by atoms with Crippen molar-refractivity contribution in [2.24, 2.45) is 0 Å². The van der Waals surface area contributed by atoms with Gasteiger partial charge in [-0.3, -0.25) is 14.5 Å². The first-order chi connectivity index (χ1) is 13.6. The van der Waals surface area contributed by atoms with Crippen LogP contribution in [0.2, 0.25) is 5.02 Å². The SMILES string of the molecule is O=C(NCc1ccccc1Cl)c1ccc2c(c1)NC(=O)C(N1CCOCC1)S2. The van der Waals surface area contributed by atoms with Crippen molar-refractivity contribution in [1.82, 2.24) is 10.2 Å². The second kappa shape index (κ2) is 8.53. The molecule has 2 aliphatic heterocycles. The van der Waals surface area contributed by atoms with Gasteiger partial charge in [-0.15, -0.1) is 0 Å². The number of nitrogens with zero attached hydrogens (tertiary/aromatic N) is 1. The quantitative estimate of drug-likeness (QED) is 0.800. The number of rotatable bonds is 4. The fraction of sp³-hybridized carbons (Fsp3) is 0.300. The molecule has 0 saturated carbocycles. The number of anilines is 1. The molecule has 1 atom stereocenters. The molecule has 2 N–H and O–H groups in total. The second-order valence-electron chi connectivity index (χ2n) is 6.59. The molecule has 0 spiro atoms. The molecule has 0 radical (unpaired) electrons. The summed E-state index contributed by atoms with van der Waals surface area (Å²) >= 11 is 7.64. The minimum Gasteiger partial charge on any atom is -0.379 e. The normalized spacial score (nSPS) is 19.6. The van der Waals surface area contributed by atoms with E-state index in [1.165, 1.54) is 11.8 Å². The Morgan fingerprint density at radius 2 is 2.04 bits per heavy atom. The Hall–Kier alpha value is -2.06. The number of nitrogens with one attached hydrogen (secondary N) is 2. The van der Waals surface area contributed by atoms with Gasteiger partial charge in [0.25, 0.3) is 11.8 Å². The maximum Gasteiger partial charge on any atom is 0.252 e. The average molecular weight is 418 g/mol. The highest BCUT2D eigenvalue weighted by atomic mass is 35.5. The second-order valence-corrected chi connectivity index (χ2v) is 8.12. The van der Waals surface area contributed by atoms with Gasteiger partial charge in [0.05, 0.1) is 18.9 Å². The van der Waals surface area contributed by atoms with Gasteiger partial charge in [0.1, 0.15) is 5.37 Å². The molecule has 2 aliphatic rings. The predicted octanol–water partition coefficient (Wildman–Crippen LogP) is 2.97. The zero-order chi connectivity index (χ0) is 19.5. The van der Waals surface area contributed by atoms with Gasteiger partial charge in [0.2, 0.25) is 0 Å². The summed E-state index contributed by atoms with van der Waals surface area (Å²) in [5.74, 6) is -0.273. The number of amides is 2. The molecular weight excluding hydrogens is 398 g/mol. The number of hydrogen-bond donors (Lipinski definition) is 2. The highest BCUT2D eigenvalue weighted by Gasteiger charge is 2.33. The van der Waals surface area contributed by atoms with Crippen LogP contribution >= 0.6 is 23.4 Å². The van der Waals surface area contributed by atoms with Gasteiger partial charge < -0.3 is 15.4 Å². The van der Waals surface area contributed by atoms with Crippen molar-refractivity contribution < 1.29 is 14.3 Å². The van der Waals surface area contributed by atoms with Crippen LogP contribution < -0.4 is 10.6 Å². The number of fused-ring (bicyclic) bond motifs is 1. The smallest absolute Gasteiger partial charge is 0.252 e. The summed E-state index contributed by atoms with van der Waals surface area (Å²) in [6.45, 7) is 3.10. The van der Waals surface area contributed by atoms with Gasteiger partial charge in [-0.2, -0.15) is 0 Å². The van der Waals surface area contributed by atoms with Gasteiger partial charge in [0, 0.05) is 35.1 Å². The van der Waals surface area contributed by atoms with E-state index in [0.29, 0.717) is 36.0 Å². The van der Waals surface area contributed by atoms with E-state index in [1.54, 1.807) is 18.2 Å². The minimum absolute atomic E-state index is 0.0620. The lowest BCUT2D eigenvalue weighted by molar-refractivity contribution is -0.119. The van der Waals surface area contributed by atoms with Gasteiger partial charge in [-0.05, 0) is 29.8 Å². The predicted molar refractivity (Wildman–Crippen MR) is 110 cm³/mol. The van der Waals surface area contributed by atoms with Crippen LogP contribution in [0.5, 0.6) is 0 Å². The van der Waals surface area contributed by atoms with E-state index < -0.39 is 0 Å². The zero-order valence-corrected chi connectivity index (χ0v) is 16.7. The number of carbonyl (C=O) groups is 2. The third-order valence-electron chi connectivity index (χ3n) is 4.74. The third kappa shape index (κ3) is 4.17. The fourth-order valence-corrected chi connectivity index (χ4v) is 4.56. The molecule has 1 unspecified atom stereocenters. The molecule has 0 aromatic heterocycles. The van der Waals surface area contributed by atoms with Crippen LogP contribution in [0.4, 0.5) is 5.69 Å². The first kappa shape index (κ1) is 19.3. The molecule has 0 aliphatic carbocycles. The summed E-state index contributed by atoms with van der Waals surface area (Å²) in [4.78, 5) is 28.1. The van der Waals surface area contributed by atoms with E-state index in [2.05, 4.69) is 15.5 Å². The van der Waals surface area contributed by atoms with Crippen molar-refractivity contribution in [2.75, 3.05) is 31.6 Å². The topological polar surface area (TPSA) is 70.7 Å². The molecule has 0 bridgehead atoms. The van der Waals surface area contributed by atoms with E-state index in [4.69, 9.17) is 16.3 Å². The first-order valence-corrected chi connectivity index (χ1v) is 10.3. The third-order valence-corrected chi connectivity index (χ3v) is 6.45. The molecule has 2 amide bonds. The van der Waals surface area contributed by atoms with Crippen molar-refractivity contribution >= 4 is 40.9 Å². The number of carbonyl (C=O) groups excluding carboxylic acids is 2. The van der Waals surface area contributed by atoms with Crippen molar-refractivity contribution in [3.05, 3.63) is 58.6 Å². The van der Waals surface area contributed by atoms with Crippen LogP contribution in [0.3, 0.4) is 0 Å². The molecule has 2 aromatic rings. The minimum atomic E-state index is -0.267. The van der Waals surface area contributed by atoms with Crippen LogP contribution in [-0.4, -0.2) is 48.4 Å². The molecule has 1 fully saturated rings. The van der Waals surface area contributed by atoms with Gasteiger partial charge >= 0.3 is 0 Å². The summed E-state index contributed by atoms with van der Waals surface area (Å²) < 4.78 is 5.36. The van der Waals surface area contributed by atoms with Crippen molar-refractivity contribution in [3.8, 4) is 0 Å². The van der Waals surface area contributed by atoms with Crippen molar-refractivity contribution in [3.63, 3.8) is 0 Å². The van der Waals surface area contributed by atoms with E-state index in [-0.39, 0.29) is 17.2 Å². The largest absolute Gasteiger partial charge is 0.379 e. The van der Waals surface area contributed by atoms with Crippen LogP contribution in [0, 0.1) is 0 Å². The summed E-state index contributed by atoms with van der Waals surface area (Å²) in [6, 6.07) is 12.8. The molecule has 146 valence electrons. The van der Waals surface area contributed by atoms with E-state index >= 15 is 0 Å². The molecule has 2 aromatic carbocycles. The fourth-order valence-electron chi connectivity index (χ4n) is 3.21. The van der Waals surface area contributed by atoms with Gasteiger partial charge in [-0.25, -0.2) is 0 Å². The van der Waals surface area contributed by atoms with Crippen LogP contribution in [-0.2, 0) is 16.1 Å². The molecule has 4 rings (SSSR count). The Kier molecular flexibility index (Phi) is 5.87. The number of halogens is 1. The Morgan fingerprint density at radius 1 is 1.25 bits per heavy atom. The van der Waals surface area contributed by atoms with Gasteiger partial charge in [-0.1, -0.05) is 41.6 Å². The van der Waals surface area contributed by atoms with E-state index in [1.807, 2.05) is 24.3 Å². The number of thioether (sulfide) groups is 1. The summed E-state index contributed by atoms with van der Waals surface area (Å²) in [7, 11) is 0. The Balaban J connectivity index is 1.44. The number of morpholine rings is 1. The number of hydrogen-bond acceptors (Lipinski definition) is 5. The molecule has 28 heavy (non-hydrogen) atoms. The van der Waals surface area contributed by atoms with Crippen molar-refractivity contribution in [2.45, 2.75) is 16.8 Å². The van der Waals surface area contributed by atoms with Crippen molar-refractivity contribution in [1.29, 1.82) is 0 Å². The van der Waals surface area contributed by atoms with E-state index in [9.17, 15) is 9.59 Å². The van der Waals surface area contributed by atoms with E-state index in [0.717, 1.165) is 23.5 Å². The molecule has 8 heteroatoms. The average Bonchev–Trinajstić information content (AvgIpc) is 2.72. The standard InChI is InChI=1S/C20H20ClN3O3S/c21-15-4-2-1-3-14(15)12-22-18(25)13-5-6-17-16(11-13)23-19(26)20(28-17)24-7-9-27-10-8-24/h1-6,11,20H,7-10,12H2,(H,22,25)(H,23,26). The lowest BCUT2D eigenvalue weighted by Crippen LogP contribution is -2.48. The number of benzene rings is 2. The Labute approximate surface area is 172 Å². The van der Waals surface area contributed by atoms with Crippen LogP contribution in [0.25, 0.3) is 0 Å². The summed E-state index contributed by atoms with van der Waals surface area (Å²) in [6.07, 6.45) is 0. The molecule has 6 nitrogen and oxygen atoms in total. The lowest BCUT2D eigenvalue weighted by atomic mass is 10.1.